The summed E-state index contributed by atoms with van der Waals surface area (Å²) in [5.74, 6) is -0.814. The Labute approximate surface area is 123 Å². The summed E-state index contributed by atoms with van der Waals surface area (Å²) in [7, 11) is -3.44. The highest BCUT2D eigenvalue weighted by atomic mass is 32.2. The first-order chi connectivity index (χ1) is 10.2. The van der Waals surface area contributed by atoms with Gasteiger partial charge in [0.05, 0.1) is 11.4 Å². The van der Waals surface area contributed by atoms with Crippen LogP contribution in [0.2, 0.25) is 0 Å². The fourth-order valence-corrected chi connectivity index (χ4v) is 1.98. The Morgan fingerprint density at radius 1 is 0.667 bits per heavy atom. The average molecular weight is 302 g/mol. The Balaban J connectivity index is 1.88. The van der Waals surface area contributed by atoms with Crippen LogP contribution in [-0.4, -0.2) is 20.2 Å². The zero-order valence-corrected chi connectivity index (χ0v) is 12.0. The first-order valence-electron chi connectivity index (χ1n) is 6.21. The van der Waals surface area contributed by atoms with Gasteiger partial charge in [0.25, 0.3) is 0 Å². The molecule has 2 rings (SSSR count). The number of hydrogen-bond donors (Lipinski definition) is 0. The van der Waals surface area contributed by atoms with Crippen molar-refractivity contribution in [1.29, 1.82) is 0 Å². The molecule has 2 aromatic carbocycles. The molecule has 0 bridgehead atoms. The molecule has 0 amide bonds. The van der Waals surface area contributed by atoms with E-state index < -0.39 is 21.6 Å². The molecule has 21 heavy (non-hydrogen) atoms. The Morgan fingerprint density at radius 2 is 1.05 bits per heavy atom. The molecule has 0 unspecified atom stereocenters. The highest BCUT2D eigenvalue weighted by molar-refractivity contribution is 7.91. The summed E-state index contributed by atoms with van der Waals surface area (Å²) in [5, 5.41) is 15.0. The maximum Gasteiger partial charge on any atom is 0.194 e. The van der Waals surface area contributed by atoms with Crippen molar-refractivity contribution < 1.29 is 8.42 Å². The van der Waals surface area contributed by atoms with Gasteiger partial charge in [0.2, 0.25) is 0 Å². The van der Waals surface area contributed by atoms with Gasteiger partial charge in [0.1, 0.15) is 0 Å². The number of azo groups is 2. The van der Waals surface area contributed by atoms with Crippen molar-refractivity contribution in [3.8, 4) is 0 Å². The molecule has 0 aromatic heterocycles. The highest BCUT2D eigenvalue weighted by Gasteiger charge is 2.08. The zero-order chi connectivity index (χ0) is 15.0. The predicted molar refractivity (Wildman–Crippen MR) is 80.6 cm³/mol. The van der Waals surface area contributed by atoms with Gasteiger partial charge < -0.3 is 0 Å². The van der Waals surface area contributed by atoms with Crippen LogP contribution in [0.25, 0.3) is 0 Å². The molecule has 0 aliphatic rings. The molecule has 0 N–H and O–H groups in total. The summed E-state index contributed by atoms with van der Waals surface area (Å²) < 4.78 is 23.4. The first kappa shape index (κ1) is 15.0. The lowest BCUT2D eigenvalue weighted by molar-refractivity contribution is 0.595. The van der Waals surface area contributed by atoms with Crippen molar-refractivity contribution in [2.45, 2.75) is 0 Å². The van der Waals surface area contributed by atoms with E-state index in [0.717, 1.165) is 0 Å². The Morgan fingerprint density at radius 3 is 1.43 bits per heavy atom. The van der Waals surface area contributed by atoms with E-state index in [9.17, 15) is 8.42 Å². The molecule has 0 fully saturated rings. The van der Waals surface area contributed by atoms with E-state index in [4.69, 9.17) is 0 Å². The van der Waals surface area contributed by atoms with Crippen molar-refractivity contribution in [1.82, 2.24) is 0 Å². The third kappa shape index (κ3) is 5.62. The average Bonchev–Trinajstić information content (AvgIpc) is 2.49. The standard InChI is InChI=1S/C14H14N4O2S/c19-21(20,11-15-17-13-7-3-1-4-8-13)12-16-18-14-9-5-2-6-10-14/h1-10H,11-12H2. The second-order valence-electron chi connectivity index (χ2n) is 4.16. The smallest absolute Gasteiger partial charge is 0.194 e. The van der Waals surface area contributed by atoms with Crippen LogP contribution < -0.4 is 0 Å². The topological polar surface area (TPSA) is 83.6 Å². The van der Waals surface area contributed by atoms with Gasteiger partial charge in [0, 0.05) is 0 Å². The molecular formula is C14H14N4O2S. The molecule has 0 spiro atoms. The van der Waals surface area contributed by atoms with Crippen molar-refractivity contribution in [3.63, 3.8) is 0 Å². The Kier molecular flexibility index (Phi) is 5.28. The largest absolute Gasteiger partial charge is 0.225 e. The number of sulfone groups is 1. The van der Waals surface area contributed by atoms with Crippen molar-refractivity contribution in [3.05, 3.63) is 60.7 Å². The van der Waals surface area contributed by atoms with Crippen LogP contribution >= 0.6 is 0 Å². The summed E-state index contributed by atoms with van der Waals surface area (Å²) in [5.41, 5.74) is 1.22. The Bertz CT molecular complexity index is 656. The van der Waals surface area contributed by atoms with Gasteiger partial charge >= 0.3 is 0 Å². The summed E-state index contributed by atoms with van der Waals surface area (Å²) in [6, 6.07) is 17.9. The van der Waals surface area contributed by atoms with Crippen LogP contribution in [0, 0.1) is 0 Å². The maximum absolute atomic E-state index is 11.7. The van der Waals surface area contributed by atoms with Crippen LogP contribution in [0.15, 0.2) is 81.1 Å². The summed E-state index contributed by atoms with van der Waals surface area (Å²) in [6.45, 7) is 0. The van der Waals surface area contributed by atoms with Crippen LogP contribution in [-0.2, 0) is 9.84 Å². The van der Waals surface area contributed by atoms with Gasteiger partial charge in [-0.05, 0) is 24.3 Å². The van der Waals surface area contributed by atoms with E-state index in [0.29, 0.717) is 11.4 Å². The molecule has 0 heterocycles. The summed E-state index contributed by atoms with van der Waals surface area (Å²) in [4.78, 5) is 0. The zero-order valence-electron chi connectivity index (χ0n) is 11.2. The second-order valence-corrected chi connectivity index (χ2v) is 6.16. The summed E-state index contributed by atoms with van der Waals surface area (Å²) in [6.07, 6.45) is 0. The van der Waals surface area contributed by atoms with E-state index in [1.54, 1.807) is 48.5 Å². The van der Waals surface area contributed by atoms with Gasteiger partial charge in [-0.3, -0.25) is 0 Å². The normalized spacial score (nSPS) is 12.2. The minimum absolute atomic E-state index is 0.407. The molecule has 0 atom stereocenters. The molecule has 7 heteroatoms. The fraction of sp³-hybridized carbons (Fsp3) is 0.143. The molecule has 2 aromatic rings. The molecular weight excluding hydrogens is 288 g/mol. The van der Waals surface area contributed by atoms with E-state index in [2.05, 4.69) is 20.5 Å². The van der Waals surface area contributed by atoms with Crippen molar-refractivity contribution >= 4 is 21.2 Å². The second kappa shape index (κ2) is 7.39. The highest BCUT2D eigenvalue weighted by Crippen LogP contribution is 2.12. The van der Waals surface area contributed by atoms with E-state index in [1.807, 2.05) is 12.1 Å². The monoisotopic (exact) mass is 302 g/mol. The van der Waals surface area contributed by atoms with Gasteiger partial charge in [-0.1, -0.05) is 36.4 Å². The van der Waals surface area contributed by atoms with E-state index in [1.165, 1.54) is 0 Å². The van der Waals surface area contributed by atoms with Crippen molar-refractivity contribution in [2.24, 2.45) is 20.5 Å². The third-order valence-electron chi connectivity index (χ3n) is 2.39. The molecule has 108 valence electrons. The lowest BCUT2D eigenvalue weighted by Gasteiger charge is -1.95. The van der Waals surface area contributed by atoms with E-state index >= 15 is 0 Å². The minimum atomic E-state index is -3.44. The maximum atomic E-state index is 11.7. The summed E-state index contributed by atoms with van der Waals surface area (Å²) >= 11 is 0. The first-order valence-corrected chi connectivity index (χ1v) is 8.03. The van der Waals surface area contributed by atoms with Crippen LogP contribution in [0.5, 0.6) is 0 Å². The fourth-order valence-electron chi connectivity index (χ4n) is 1.43. The molecule has 0 saturated carbocycles. The molecule has 0 saturated heterocycles. The quantitative estimate of drug-likeness (QED) is 0.758. The van der Waals surface area contributed by atoms with Gasteiger partial charge in [0.15, 0.2) is 21.6 Å². The third-order valence-corrected chi connectivity index (χ3v) is 3.41. The molecule has 0 radical (unpaired) electrons. The van der Waals surface area contributed by atoms with Crippen molar-refractivity contribution in [2.75, 3.05) is 11.8 Å². The van der Waals surface area contributed by atoms with Crippen LogP contribution in [0.4, 0.5) is 11.4 Å². The number of benzene rings is 2. The lowest BCUT2D eigenvalue weighted by Crippen LogP contribution is -2.06. The Hall–Kier alpha value is -2.41. The molecule has 0 aliphatic heterocycles. The van der Waals surface area contributed by atoms with E-state index in [-0.39, 0.29) is 0 Å². The number of rotatable bonds is 6. The van der Waals surface area contributed by atoms with Crippen LogP contribution in [0.1, 0.15) is 0 Å². The van der Waals surface area contributed by atoms with Gasteiger partial charge in [-0.15, -0.1) is 0 Å². The predicted octanol–water partition coefficient (Wildman–Crippen LogP) is 3.88. The van der Waals surface area contributed by atoms with Gasteiger partial charge in [-0.2, -0.15) is 20.5 Å². The minimum Gasteiger partial charge on any atom is -0.225 e. The van der Waals surface area contributed by atoms with Gasteiger partial charge in [-0.25, -0.2) is 8.42 Å². The number of nitrogens with zero attached hydrogens (tertiary/aromatic N) is 4. The lowest BCUT2D eigenvalue weighted by atomic mass is 10.3. The molecule has 6 nitrogen and oxygen atoms in total. The van der Waals surface area contributed by atoms with Crippen LogP contribution in [0.3, 0.4) is 0 Å². The molecule has 0 aliphatic carbocycles. The SMILES string of the molecule is O=S(=O)(CN=Nc1ccccc1)CN=Nc1ccccc1. The number of hydrogen-bond acceptors (Lipinski definition) is 6.